The van der Waals surface area contributed by atoms with Crippen molar-refractivity contribution in [1.82, 2.24) is 15.5 Å². The number of benzene rings is 1. The van der Waals surface area contributed by atoms with E-state index in [0.717, 1.165) is 5.56 Å². The molecule has 2 N–H and O–H groups in total. The predicted molar refractivity (Wildman–Crippen MR) is 81.9 cm³/mol. The second kappa shape index (κ2) is 6.32. The van der Waals surface area contributed by atoms with Crippen LogP contribution in [-0.2, 0) is 12.7 Å². The largest absolute Gasteiger partial charge is 0.433 e. The molecule has 22 heavy (non-hydrogen) atoms. The van der Waals surface area contributed by atoms with E-state index in [4.69, 9.17) is 11.6 Å². The molecule has 0 amide bonds. The van der Waals surface area contributed by atoms with E-state index in [9.17, 15) is 13.2 Å². The first-order valence-corrected chi connectivity index (χ1v) is 6.64. The number of halogens is 5. The first kappa shape index (κ1) is 16.9. The maximum atomic E-state index is 12.9. The van der Waals surface area contributed by atoms with Crippen LogP contribution in [0.1, 0.15) is 22.5 Å². The Morgan fingerprint density at radius 2 is 1.82 bits per heavy atom. The molecule has 0 radical (unpaired) electrons. The first-order chi connectivity index (χ1) is 9.95. The van der Waals surface area contributed by atoms with Crippen LogP contribution in [0, 0.1) is 0 Å². The lowest BCUT2D eigenvalue weighted by Crippen LogP contribution is -2.24. The first-order valence-electron chi connectivity index (χ1n) is 6.27. The normalized spacial score (nSPS) is 16.3. The number of nitrogens with one attached hydrogen (secondary N) is 2. The molecule has 0 spiro atoms. The summed E-state index contributed by atoms with van der Waals surface area (Å²) in [6, 6.07) is 7.08. The lowest BCUT2D eigenvalue weighted by Gasteiger charge is -2.17. The van der Waals surface area contributed by atoms with Crippen molar-refractivity contribution in [3.63, 3.8) is 0 Å². The van der Waals surface area contributed by atoms with Crippen LogP contribution in [0.5, 0.6) is 0 Å². The fourth-order valence-electron chi connectivity index (χ4n) is 2.32. The number of H-pyrrole nitrogens is 1. The predicted octanol–water partition coefficient (Wildman–Crippen LogP) is 4.15. The SMILES string of the molecule is Cl.FC(F)(F)c1[nH]nc2c1CNC/C2=C\c1ccc(Cl)cc1. The number of alkyl halides is 3. The van der Waals surface area contributed by atoms with Crippen molar-refractivity contribution in [2.24, 2.45) is 0 Å². The number of rotatable bonds is 1. The van der Waals surface area contributed by atoms with Crippen LogP contribution in [0.3, 0.4) is 0 Å². The van der Waals surface area contributed by atoms with Crippen molar-refractivity contribution in [3.8, 4) is 0 Å². The Morgan fingerprint density at radius 1 is 1.14 bits per heavy atom. The Bertz CT molecular complexity index is 690. The van der Waals surface area contributed by atoms with Crippen LogP contribution in [-0.4, -0.2) is 16.7 Å². The van der Waals surface area contributed by atoms with E-state index in [1.54, 1.807) is 24.3 Å². The van der Waals surface area contributed by atoms with Gasteiger partial charge in [0.15, 0.2) is 0 Å². The maximum Gasteiger partial charge on any atom is 0.433 e. The summed E-state index contributed by atoms with van der Waals surface area (Å²) in [5.41, 5.74) is 1.32. The number of aromatic nitrogens is 2. The molecule has 1 aliphatic rings. The van der Waals surface area contributed by atoms with Crippen molar-refractivity contribution in [1.29, 1.82) is 0 Å². The second-order valence-electron chi connectivity index (χ2n) is 4.75. The van der Waals surface area contributed by atoms with Gasteiger partial charge in [0.25, 0.3) is 0 Å². The van der Waals surface area contributed by atoms with Crippen LogP contribution in [0.4, 0.5) is 13.2 Å². The van der Waals surface area contributed by atoms with Crippen LogP contribution in [0.15, 0.2) is 24.3 Å². The highest BCUT2D eigenvalue weighted by molar-refractivity contribution is 6.30. The van der Waals surface area contributed by atoms with Gasteiger partial charge < -0.3 is 5.32 Å². The maximum absolute atomic E-state index is 12.9. The van der Waals surface area contributed by atoms with E-state index < -0.39 is 11.9 Å². The molecule has 3 nitrogen and oxygen atoms in total. The summed E-state index contributed by atoms with van der Waals surface area (Å²) in [5, 5.41) is 9.52. The van der Waals surface area contributed by atoms with Crippen molar-refractivity contribution in [2.75, 3.05) is 6.54 Å². The van der Waals surface area contributed by atoms with Gasteiger partial charge >= 0.3 is 6.18 Å². The molecule has 1 aliphatic heterocycles. The summed E-state index contributed by atoms with van der Waals surface area (Å²) in [6.45, 7) is 0.621. The van der Waals surface area contributed by atoms with Gasteiger partial charge in [0.1, 0.15) is 5.69 Å². The molecule has 3 rings (SSSR count). The molecule has 118 valence electrons. The van der Waals surface area contributed by atoms with Gasteiger partial charge in [-0.15, -0.1) is 12.4 Å². The Kier molecular flexibility index (Phi) is 4.84. The molecule has 0 unspecified atom stereocenters. The van der Waals surface area contributed by atoms with Gasteiger partial charge in [-0.05, 0) is 29.3 Å². The van der Waals surface area contributed by atoms with Crippen LogP contribution >= 0.6 is 24.0 Å². The quantitative estimate of drug-likeness (QED) is 0.811. The highest BCUT2D eigenvalue weighted by atomic mass is 35.5. The van der Waals surface area contributed by atoms with Gasteiger partial charge in [0.2, 0.25) is 0 Å². The van der Waals surface area contributed by atoms with E-state index >= 15 is 0 Å². The minimum absolute atomic E-state index is 0. The highest BCUT2D eigenvalue weighted by Crippen LogP contribution is 2.35. The van der Waals surface area contributed by atoms with Crippen LogP contribution in [0.2, 0.25) is 5.02 Å². The molecule has 0 atom stereocenters. The third kappa shape index (κ3) is 3.29. The van der Waals surface area contributed by atoms with E-state index in [2.05, 4.69) is 15.5 Å². The summed E-state index contributed by atoms with van der Waals surface area (Å²) in [6.07, 6.45) is -2.62. The molecule has 8 heteroatoms. The average Bonchev–Trinajstić information content (AvgIpc) is 2.86. The van der Waals surface area contributed by atoms with Gasteiger partial charge in [-0.3, -0.25) is 5.10 Å². The summed E-state index contributed by atoms with van der Waals surface area (Å²) in [7, 11) is 0. The van der Waals surface area contributed by atoms with Crippen LogP contribution < -0.4 is 5.32 Å². The van der Waals surface area contributed by atoms with Gasteiger partial charge in [-0.1, -0.05) is 23.7 Å². The fraction of sp³-hybridized carbons (Fsp3) is 0.214. The lowest BCUT2D eigenvalue weighted by molar-refractivity contribution is -0.141. The van der Waals surface area contributed by atoms with Gasteiger partial charge in [-0.2, -0.15) is 18.3 Å². The number of nitrogens with zero attached hydrogens (tertiary/aromatic N) is 1. The van der Waals surface area contributed by atoms with Crippen molar-refractivity contribution < 1.29 is 13.2 Å². The van der Waals surface area contributed by atoms with Crippen molar-refractivity contribution in [3.05, 3.63) is 51.8 Å². The Hall–Kier alpha value is -1.50. The van der Waals surface area contributed by atoms with E-state index in [0.29, 0.717) is 22.8 Å². The molecular formula is C14H12Cl2F3N3. The number of fused-ring (bicyclic) bond motifs is 1. The molecule has 2 aromatic rings. The molecule has 0 bridgehead atoms. The van der Waals surface area contributed by atoms with E-state index in [-0.39, 0.29) is 24.5 Å². The second-order valence-corrected chi connectivity index (χ2v) is 5.18. The number of hydrogen-bond donors (Lipinski definition) is 2. The Balaban J connectivity index is 0.00000176. The molecule has 1 aromatic carbocycles. The lowest BCUT2D eigenvalue weighted by atomic mass is 9.99. The summed E-state index contributed by atoms with van der Waals surface area (Å²) >= 11 is 5.81. The highest BCUT2D eigenvalue weighted by Gasteiger charge is 2.38. The minimum atomic E-state index is -4.43. The molecule has 0 aliphatic carbocycles. The van der Waals surface area contributed by atoms with Gasteiger partial charge in [0.05, 0.1) is 5.69 Å². The molecule has 1 aromatic heterocycles. The van der Waals surface area contributed by atoms with Crippen molar-refractivity contribution >= 4 is 35.7 Å². The monoisotopic (exact) mass is 349 g/mol. The zero-order valence-electron chi connectivity index (χ0n) is 11.2. The Morgan fingerprint density at radius 3 is 2.45 bits per heavy atom. The van der Waals surface area contributed by atoms with Gasteiger partial charge in [0, 0.05) is 23.7 Å². The topological polar surface area (TPSA) is 40.7 Å². The average molecular weight is 350 g/mol. The summed E-state index contributed by atoms with van der Waals surface area (Å²) in [5.74, 6) is 0. The smallest absolute Gasteiger partial charge is 0.308 e. The zero-order chi connectivity index (χ0) is 15.0. The number of aromatic amines is 1. The standard InChI is InChI=1S/C14H11ClF3N3.ClH/c15-10-3-1-8(2-4-10)5-9-6-19-7-11-12(9)20-21-13(11)14(16,17)18;/h1-5,19H,6-7H2,(H,20,21);1H/b9-5+;. The third-order valence-electron chi connectivity index (χ3n) is 3.28. The fourth-order valence-corrected chi connectivity index (χ4v) is 2.45. The molecular weight excluding hydrogens is 338 g/mol. The molecule has 0 saturated carbocycles. The summed E-state index contributed by atoms with van der Waals surface area (Å²) in [4.78, 5) is 0. The zero-order valence-corrected chi connectivity index (χ0v) is 12.7. The summed E-state index contributed by atoms with van der Waals surface area (Å²) < 4.78 is 38.6. The van der Waals surface area contributed by atoms with Crippen LogP contribution in [0.25, 0.3) is 11.6 Å². The number of hydrogen-bond acceptors (Lipinski definition) is 2. The molecule has 0 fully saturated rings. The van der Waals surface area contributed by atoms with Crippen molar-refractivity contribution in [2.45, 2.75) is 12.7 Å². The molecule has 2 heterocycles. The minimum Gasteiger partial charge on any atom is -0.308 e. The Labute approximate surface area is 136 Å². The molecule has 0 saturated heterocycles. The van der Waals surface area contributed by atoms with E-state index in [1.807, 2.05) is 6.08 Å². The third-order valence-corrected chi connectivity index (χ3v) is 3.53. The van der Waals surface area contributed by atoms with Gasteiger partial charge in [-0.25, -0.2) is 0 Å². The van der Waals surface area contributed by atoms with E-state index in [1.165, 1.54) is 0 Å².